The molecule has 1 aromatic rings. The van der Waals surface area contributed by atoms with E-state index in [2.05, 4.69) is 15.9 Å². The third-order valence-corrected chi connectivity index (χ3v) is 2.79. The number of hydrogen-bond acceptors (Lipinski definition) is 4. The Kier molecular flexibility index (Phi) is 3.23. The van der Waals surface area contributed by atoms with Crippen molar-refractivity contribution in [1.29, 1.82) is 5.26 Å². The molecule has 0 aliphatic carbocycles. The van der Waals surface area contributed by atoms with Gasteiger partial charge in [0.05, 0.1) is 15.3 Å². The number of hydrogen-bond donors (Lipinski definition) is 0. The molecule has 0 radical (unpaired) electrons. The lowest BCUT2D eigenvalue weighted by atomic mass is 10.2. The second kappa shape index (κ2) is 4.21. The molecule has 0 fully saturated rings. The first-order valence-electron chi connectivity index (χ1n) is 3.22. The molecule has 3 nitrogen and oxygen atoms in total. The van der Waals surface area contributed by atoms with Gasteiger partial charge >= 0.3 is 0 Å². The molecule has 1 aromatic heterocycles. The number of rotatable bonds is 2. The van der Waals surface area contributed by atoms with E-state index in [-0.39, 0.29) is 5.57 Å². The van der Waals surface area contributed by atoms with Gasteiger partial charge in [0.25, 0.3) is 0 Å². The molecule has 1 heterocycles. The zero-order valence-electron chi connectivity index (χ0n) is 6.28. The molecule has 0 spiro atoms. The number of nitriles is 1. The van der Waals surface area contributed by atoms with Crippen molar-refractivity contribution >= 4 is 39.3 Å². The lowest BCUT2D eigenvalue weighted by Crippen LogP contribution is -2.23. The maximum absolute atomic E-state index is 10.3. The van der Waals surface area contributed by atoms with E-state index in [0.717, 1.165) is 3.79 Å². The minimum Gasteiger partial charge on any atom is -0.544 e. The van der Waals surface area contributed by atoms with Crippen LogP contribution in [0.25, 0.3) is 6.08 Å². The van der Waals surface area contributed by atoms with Gasteiger partial charge in [-0.3, -0.25) is 0 Å². The van der Waals surface area contributed by atoms with Gasteiger partial charge in [-0.15, -0.1) is 11.3 Å². The van der Waals surface area contributed by atoms with E-state index in [1.807, 2.05) is 0 Å². The largest absolute Gasteiger partial charge is 0.544 e. The zero-order valence-corrected chi connectivity index (χ0v) is 8.68. The molecule has 0 amide bonds. The Bertz CT molecular complexity index is 403. The van der Waals surface area contributed by atoms with Crippen LogP contribution in [0.3, 0.4) is 0 Å². The quantitative estimate of drug-likeness (QED) is 0.590. The van der Waals surface area contributed by atoms with Crippen molar-refractivity contribution in [1.82, 2.24) is 0 Å². The second-order valence-corrected chi connectivity index (χ2v) is 4.59. The second-order valence-electron chi connectivity index (χ2n) is 2.10. The van der Waals surface area contributed by atoms with Gasteiger partial charge in [-0.2, -0.15) is 5.26 Å². The normalized spacial score (nSPS) is 10.9. The predicted molar refractivity (Wildman–Crippen MR) is 50.6 cm³/mol. The Hall–Kier alpha value is -1.12. The number of carboxylic acid groups (broad SMARTS) is 1. The molecule has 1 rings (SSSR count). The van der Waals surface area contributed by atoms with Crippen LogP contribution in [0.5, 0.6) is 0 Å². The molecule has 0 aliphatic rings. The van der Waals surface area contributed by atoms with Gasteiger partial charge in [0.15, 0.2) is 0 Å². The Morgan fingerprint density at radius 3 is 2.77 bits per heavy atom. The minimum atomic E-state index is -1.45. The minimum absolute atomic E-state index is 0.366. The first-order valence-corrected chi connectivity index (χ1v) is 4.83. The summed E-state index contributed by atoms with van der Waals surface area (Å²) < 4.78 is 0.884. The summed E-state index contributed by atoms with van der Waals surface area (Å²) in [6, 6.07) is 5.05. The molecule has 0 atom stereocenters. The summed E-state index contributed by atoms with van der Waals surface area (Å²) in [7, 11) is 0. The van der Waals surface area contributed by atoms with Crippen molar-refractivity contribution in [2.75, 3.05) is 0 Å². The summed E-state index contributed by atoms with van der Waals surface area (Å²) in [4.78, 5) is 11.0. The topological polar surface area (TPSA) is 63.9 Å². The van der Waals surface area contributed by atoms with Gasteiger partial charge in [0.1, 0.15) is 6.07 Å². The number of aliphatic carboxylic acids is 1. The van der Waals surface area contributed by atoms with E-state index < -0.39 is 5.97 Å². The van der Waals surface area contributed by atoms with Crippen LogP contribution in [0.1, 0.15) is 4.88 Å². The van der Waals surface area contributed by atoms with Crippen LogP contribution in [0.4, 0.5) is 0 Å². The summed E-state index contributed by atoms with van der Waals surface area (Å²) in [5.74, 6) is -1.45. The van der Waals surface area contributed by atoms with E-state index >= 15 is 0 Å². The highest BCUT2D eigenvalue weighted by Gasteiger charge is 1.98. The highest BCUT2D eigenvalue weighted by atomic mass is 79.9. The molecular weight excluding hydrogens is 254 g/mol. The van der Waals surface area contributed by atoms with Crippen LogP contribution < -0.4 is 5.11 Å². The number of thiophene rings is 1. The van der Waals surface area contributed by atoms with Crippen molar-refractivity contribution in [2.45, 2.75) is 0 Å². The molecule has 0 unspecified atom stereocenters. The molecule has 0 N–H and O–H groups in total. The monoisotopic (exact) mass is 256 g/mol. The van der Waals surface area contributed by atoms with Gasteiger partial charge in [-0.25, -0.2) is 0 Å². The number of carbonyl (C=O) groups is 1. The molecule has 5 heteroatoms. The van der Waals surface area contributed by atoms with E-state index in [9.17, 15) is 9.90 Å². The molecule has 0 saturated carbocycles. The highest BCUT2D eigenvalue weighted by Crippen LogP contribution is 2.23. The molecule has 0 aliphatic heterocycles. The summed E-state index contributed by atoms with van der Waals surface area (Å²) in [6.45, 7) is 0. The fourth-order valence-corrected chi connectivity index (χ4v) is 2.05. The summed E-state index contributed by atoms with van der Waals surface area (Å²) in [6.07, 6.45) is 1.28. The number of halogens is 1. The lowest BCUT2D eigenvalue weighted by Gasteiger charge is -1.95. The standard InChI is InChI=1S/C8H4BrNO2S/c9-7-2-1-6(13-7)3-5(4-10)8(11)12/h1-3H,(H,11,12)/p-1/b5-3+. The maximum atomic E-state index is 10.3. The Morgan fingerprint density at radius 2 is 2.38 bits per heavy atom. The Labute approximate surface area is 87.1 Å². The number of carboxylic acids is 1. The van der Waals surface area contributed by atoms with E-state index in [1.165, 1.54) is 17.4 Å². The Morgan fingerprint density at radius 1 is 1.69 bits per heavy atom. The third kappa shape index (κ3) is 2.68. The SMILES string of the molecule is N#C/C(=C\c1ccc(Br)s1)C(=O)[O-]. The Balaban J connectivity index is 3.00. The molecule has 0 saturated heterocycles. The van der Waals surface area contributed by atoms with Crippen molar-refractivity contribution < 1.29 is 9.90 Å². The van der Waals surface area contributed by atoms with Crippen molar-refractivity contribution in [3.63, 3.8) is 0 Å². The van der Waals surface area contributed by atoms with Crippen LogP contribution in [0, 0.1) is 11.3 Å². The van der Waals surface area contributed by atoms with Crippen LogP contribution in [-0.2, 0) is 4.79 Å². The fourth-order valence-electron chi connectivity index (χ4n) is 0.685. The third-order valence-electron chi connectivity index (χ3n) is 1.22. The highest BCUT2D eigenvalue weighted by molar-refractivity contribution is 9.11. The van der Waals surface area contributed by atoms with Crippen LogP contribution in [-0.4, -0.2) is 5.97 Å². The van der Waals surface area contributed by atoms with Crippen LogP contribution >= 0.6 is 27.3 Å². The summed E-state index contributed by atoms with van der Waals surface area (Å²) in [5.41, 5.74) is -0.366. The van der Waals surface area contributed by atoms with Gasteiger partial charge in [-0.1, -0.05) is 0 Å². The van der Waals surface area contributed by atoms with E-state index in [4.69, 9.17) is 5.26 Å². The molecule has 66 valence electrons. The lowest BCUT2D eigenvalue weighted by molar-refractivity contribution is -0.298. The fraction of sp³-hybridized carbons (Fsp3) is 0. The van der Waals surface area contributed by atoms with Crippen LogP contribution in [0.2, 0.25) is 0 Å². The van der Waals surface area contributed by atoms with E-state index in [0.29, 0.717) is 4.88 Å². The summed E-state index contributed by atoms with van der Waals surface area (Å²) in [5, 5.41) is 18.8. The van der Waals surface area contributed by atoms with E-state index in [1.54, 1.807) is 18.2 Å². The van der Waals surface area contributed by atoms with Gasteiger partial charge in [0.2, 0.25) is 0 Å². The average molecular weight is 257 g/mol. The molecule has 0 bridgehead atoms. The maximum Gasteiger partial charge on any atom is 0.101 e. The smallest absolute Gasteiger partial charge is 0.101 e. The van der Waals surface area contributed by atoms with Crippen molar-refractivity contribution in [3.8, 4) is 6.07 Å². The number of carbonyl (C=O) groups excluding carboxylic acids is 1. The van der Waals surface area contributed by atoms with Gasteiger partial charge < -0.3 is 9.90 Å². The predicted octanol–water partition coefficient (Wildman–Crippen LogP) is 1.17. The van der Waals surface area contributed by atoms with Gasteiger partial charge in [0, 0.05) is 4.88 Å². The van der Waals surface area contributed by atoms with Crippen molar-refractivity contribution in [2.24, 2.45) is 0 Å². The molecule has 0 aromatic carbocycles. The molecule has 13 heavy (non-hydrogen) atoms. The zero-order chi connectivity index (χ0) is 9.84. The molecular formula is C8H3BrNO2S-. The van der Waals surface area contributed by atoms with Crippen molar-refractivity contribution in [3.05, 3.63) is 26.4 Å². The van der Waals surface area contributed by atoms with Gasteiger partial charge in [-0.05, 0) is 34.1 Å². The first-order chi connectivity index (χ1) is 6.13. The number of nitrogens with zero attached hydrogens (tertiary/aromatic N) is 1. The first kappa shape index (κ1) is 9.96. The summed E-state index contributed by atoms with van der Waals surface area (Å²) >= 11 is 4.57. The van der Waals surface area contributed by atoms with Crippen LogP contribution in [0.15, 0.2) is 21.5 Å². The average Bonchev–Trinajstić information content (AvgIpc) is 2.46.